The molecule has 0 bridgehead atoms. The number of rotatable bonds is 0. The van der Waals surface area contributed by atoms with Crippen LogP contribution in [0.1, 0.15) is 33.1 Å². The van der Waals surface area contributed by atoms with Gasteiger partial charge in [-0.2, -0.15) is 0 Å². The van der Waals surface area contributed by atoms with Crippen molar-refractivity contribution in [2.24, 2.45) is 5.92 Å². The van der Waals surface area contributed by atoms with Gasteiger partial charge in [0.15, 0.2) is 0 Å². The van der Waals surface area contributed by atoms with E-state index in [-0.39, 0.29) is 6.10 Å². The standard InChI is InChI=1S/C6H12O.C3H6/c1-5-3-2-4-6(5)7;1-3-2/h5-7H,2-4H2,1H3;3H,1H2,2H3. The lowest BCUT2D eigenvalue weighted by atomic mass is 10.1. The van der Waals surface area contributed by atoms with Gasteiger partial charge in [0, 0.05) is 0 Å². The van der Waals surface area contributed by atoms with E-state index in [1.807, 2.05) is 6.92 Å². The van der Waals surface area contributed by atoms with E-state index in [4.69, 9.17) is 5.11 Å². The van der Waals surface area contributed by atoms with Crippen molar-refractivity contribution in [2.75, 3.05) is 0 Å². The summed E-state index contributed by atoms with van der Waals surface area (Å²) < 4.78 is 0. The third kappa shape index (κ3) is 3.67. The summed E-state index contributed by atoms with van der Waals surface area (Å²) in [6.07, 6.45) is 5.24. The Balaban J connectivity index is 0.000000236. The highest BCUT2D eigenvalue weighted by Gasteiger charge is 2.19. The van der Waals surface area contributed by atoms with Gasteiger partial charge in [0.2, 0.25) is 0 Å². The molecule has 1 N–H and O–H groups in total. The van der Waals surface area contributed by atoms with E-state index < -0.39 is 0 Å². The Morgan fingerprint density at radius 3 is 2.10 bits per heavy atom. The molecule has 1 heteroatoms. The number of aliphatic hydroxyl groups excluding tert-OH is 1. The van der Waals surface area contributed by atoms with Crippen molar-refractivity contribution in [3.8, 4) is 0 Å². The van der Waals surface area contributed by atoms with Gasteiger partial charge in [0.25, 0.3) is 0 Å². The van der Waals surface area contributed by atoms with Crippen LogP contribution in [-0.2, 0) is 0 Å². The van der Waals surface area contributed by atoms with E-state index in [2.05, 4.69) is 13.5 Å². The topological polar surface area (TPSA) is 20.2 Å². The molecule has 0 amide bonds. The fraction of sp³-hybridized carbons (Fsp3) is 0.778. The molecule has 1 rings (SSSR count). The molecule has 1 saturated carbocycles. The van der Waals surface area contributed by atoms with Gasteiger partial charge in [-0.15, -0.1) is 6.58 Å². The van der Waals surface area contributed by atoms with Gasteiger partial charge in [-0.05, 0) is 25.7 Å². The predicted molar refractivity (Wildman–Crippen MR) is 44.9 cm³/mol. The zero-order valence-electron chi connectivity index (χ0n) is 7.01. The Hall–Kier alpha value is -0.300. The van der Waals surface area contributed by atoms with E-state index in [9.17, 15) is 0 Å². The maximum Gasteiger partial charge on any atom is 0.0565 e. The molecule has 0 radical (unpaired) electrons. The molecule has 0 saturated heterocycles. The van der Waals surface area contributed by atoms with Crippen LogP contribution < -0.4 is 0 Å². The maximum atomic E-state index is 9.00. The monoisotopic (exact) mass is 142 g/mol. The molecule has 0 aromatic rings. The van der Waals surface area contributed by atoms with Crippen LogP contribution in [0, 0.1) is 5.92 Å². The van der Waals surface area contributed by atoms with Gasteiger partial charge in [-0.1, -0.05) is 19.4 Å². The average Bonchev–Trinajstić information content (AvgIpc) is 2.19. The van der Waals surface area contributed by atoms with Crippen molar-refractivity contribution >= 4 is 0 Å². The summed E-state index contributed by atoms with van der Waals surface area (Å²) in [6.45, 7) is 7.36. The van der Waals surface area contributed by atoms with Crippen molar-refractivity contribution in [2.45, 2.75) is 39.2 Å². The first-order chi connectivity index (χ1) is 4.72. The second-order valence-corrected chi connectivity index (χ2v) is 2.88. The smallest absolute Gasteiger partial charge is 0.0565 e. The molecule has 10 heavy (non-hydrogen) atoms. The Morgan fingerprint density at radius 2 is 2.00 bits per heavy atom. The molecule has 1 nitrogen and oxygen atoms in total. The van der Waals surface area contributed by atoms with Crippen LogP contribution >= 0.6 is 0 Å². The molecule has 1 fully saturated rings. The lowest BCUT2D eigenvalue weighted by Crippen LogP contribution is -2.07. The quantitative estimate of drug-likeness (QED) is 0.515. The minimum Gasteiger partial charge on any atom is -0.393 e. The highest BCUT2D eigenvalue weighted by Crippen LogP contribution is 2.23. The van der Waals surface area contributed by atoms with E-state index in [0.717, 1.165) is 6.42 Å². The number of hydrogen-bond acceptors (Lipinski definition) is 1. The zero-order chi connectivity index (χ0) is 7.98. The molecule has 60 valence electrons. The molecule has 0 aromatic heterocycles. The van der Waals surface area contributed by atoms with Gasteiger partial charge in [-0.3, -0.25) is 0 Å². The second kappa shape index (κ2) is 5.48. The largest absolute Gasteiger partial charge is 0.393 e. The summed E-state index contributed by atoms with van der Waals surface area (Å²) in [5, 5.41) is 9.00. The summed E-state index contributed by atoms with van der Waals surface area (Å²) in [7, 11) is 0. The van der Waals surface area contributed by atoms with Crippen LogP contribution in [-0.4, -0.2) is 11.2 Å². The molecule has 0 aliphatic heterocycles. The van der Waals surface area contributed by atoms with Crippen LogP contribution in [0.25, 0.3) is 0 Å². The lowest BCUT2D eigenvalue weighted by Gasteiger charge is -2.04. The average molecular weight is 142 g/mol. The SMILES string of the molecule is C=CC.CC1CCCC1O. The minimum atomic E-state index is 0.0139. The van der Waals surface area contributed by atoms with Crippen molar-refractivity contribution in [3.05, 3.63) is 12.7 Å². The fourth-order valence-corrected chi connectivity index (χ4v) is 1.13. The zero-order valence-corrected chi connectivity index (χ0v) is 7.01. The summed E-state index contributed by atoms with van der Waals surface area (Å²) >= 11 is 0. The van der Waals surface area contributed by atoms with Crippen LogP contribution in [0.3, 0.4) is 0 Å². The molecular formula is C9H18O. The summed E-state index contributed by atoms with van der Waals surface area (Å²) in [6, 6.07) is 0. The fourth-order valence-electron chi connectivity index (χ4n) is 1.13. The molecule has 0 spiro atoms. The highest BCUT2D eigenvalue weighted by atomic mass is 16.3. The first-order valence-corrected chi connectivity index (χ1v) is 3.97. The minimum absolute atomic E-state index is 0.0139. The van der Waals surface area contributed by atoms with Crippen molar-refractivity contribution in [3.63, 3.8) is 0 Å². The van der Waals surface area contributed by atoms with E-state index >= 15 is 0 Å². The van der Waals surface area contributed by atoms with Gasteiger partial charge < -0.3 is 5.11 Å². The highest BCUT2D eigenvalue weighted by molar-refractivity contribution is 4.71. The van der Waals surface area contributed by atoms with Gasteiger partial charge in [0.1, 0.15) is 0 Å². The van der Waals surface area contributed by atoms with E-state index in [0.29, 0.717) is 5.92 Å². The van der Waals surface area contributed by atoms with Crippen LogP contribution in [0.4, 0.5) is 0 Å². The first kappa shape index (κ1) is 9.70. The number of allylic oxidation sites excluding steroid dienone is 1. The van der Waals surface area contributed by atoms with Crippen LogP contribution in [0.2, 0.25) is 0 Å². The third-order valence-corrected chi connectivity index (χ3v) is 1.82. The van der Waals surface area contributed by atoms with Gasteiger partial charge in [-0.25, -0.2) is 0 Å². The Morgan fingerprint density at radius 1 is 1.50 bits per heavy atom. The Bertz CT molecular complexity index is 80.7. The predicted octanol–water partition coefficient (Wildman–Crippen LogP) is 2.36. The Labute approximate surface area is 63.8 Å². The molecule has 0 aromatic carbocycles. The third-order valence-electron chi connectivity index (χ3n) is 1.82. The lowest BCUT2D eigenvalue weighted by molar-refractivity contribution is 0.141. The maximum absolute atomic E-state index is 9.00. The Kier molecular flexibility index (Phi) is 5.32. The summed E-state index contributed by atoms with van der Waals surface area (Å²) in [5.41, 5.74) is 0. The molecular weight excluding hydrogens is 124 g/mol. The van der Waals surface area contributed by atoms with E-state index in [1.165, 1.54) is 12.8 Å². The molecule has 1 aliphatic carbocycles. The van der Waals surface area contributed by atoms with Crippen molar-refractivity contribution < 1.29 is 5.11 Å². The van der Waals surface area contributed by atoms with Gasteiger partial charge in [0.05, 0.1) is 6.10 Å². The van der Waals surface area contributed by atoms with Crippen LogP contribution in [0.5, 0.6) is 0 Å². The summed E-state index contributed by atoms with van der Waals surface area (Å²) in [4.78, 5) is 0. The van der Waals surface area contributed by atoms with Crippen LogP contribution in [0.15, 0.2) is 12.7 Å². The molecule has 2 atom stereocenters. The van der Waals surface area contributed by atoms with Crippen molar-refractivity contribution in [1.29, 1.82) is 0 Å². The molecule has 1 aliphatic rings. The normalized spacial score (nSPS) is 30.7. The van der Waals surface area contributed by atoms with Crippen molar-refractivity contribution in [1.82, 2.24) is 0 Å². The van der Waals surface area contributed by atoms with E-state index in [1.54, 1.807) is 6.08 Å². The number of hydrogen-bond donors (Lipinski definition) is 1. The molecule has 2 unspecified atom stereocenters. The van der Waals surface area contributed by atoms with Gasteiger partial charge >= 0.3 is 0 Å². The second-order valence-electron chi connectivity index (χ2n) is 2.88. The first-order valence-electron chi connectivity index (χ1n) is 3.97. The number of aliphatic hydroxyl groups is 1. The molecule has 0 heterocycles. The summed E-state index contributed by atoms with van der Waals surface area (Å²) in [5.74, 6) is 0.569.